The van der Waals surface area contributed by atoms with Crippen LogP contribution in [0.25, 0.3) is 11.2 Å². The molecule has 0 aliphatic heterocycles. The molecule has 0 bridgehead atoms. The molecule has 0 heterocycles. The van der Waals surface area contributed by atoms with E-state index in [2.05, 4.69) is 0 Å². The molecule has 2 N–H and O–H groups in total. The molecule has 0 amide bonds. The van der Waals surface area contributed by atoms with Crippen LogP contribution in [-0.4, -0.2) is 16.4 Å². The van der Waals surface area contributed by atoms with Crippen molar-refractivity contribution in [2.24, 2.45) is 5.34 Å². The molecule has 0 saturated heterocycles. The van der Waals surface area contributed by atoms with Crippen molar-refractivity contribution in [2.75, 3.05) is 0 Å². The molecule has 0 saturated carbocycles. The summed E-state index contributed by atoms with van der Waals surface area (Å²) >= 11 is 0.750. The third-order valence-corrected chi connectivity index (χ3v) is 0. The minimum atomic E-state index is -0.167. The Kier molecular flexibility index (Phi) is 271. The van der Waals surface area contributed by atoms with Gasteiger partial charge in [0.05, 0.1) is 0 Å². The fraction of sp³-hybridized carbons (Fsp3) is 1.00. The Morgan fingerprint density at radius 3 is 1.15 bits per heavy atom. The first-order valence-electron chi connectivity index (χ1n) is 2.36. The summed E-state index contributed by atoms with van der Waals surface area (Å²) in [5.41, 5.74) is 11.5. The van der Waals surface area contributed by atoms with Crippen molar-refractivity contribution in [2.45, 2.75) is 20.0 Å². The van der Waals surface area contributed by atoms with Crippen LogP contribution in [0.5, 0.6) is 0 Å². The topological polar surface area (TPSA) is 166 Å². The van der Waals surface area contributed by atoms with Crippen LogP contribution >= 0.6 is 0 Å². The fourth-order valence-electron chi connectivity index (χ4n) is 0. The zero-order valence-electron chi connectivity index (χ0n) is 6.95. The first kappa shape index (κ1) is 29.6. The number of aliphatic hydroxyl groups excluding tert-OH is 1. The number of hydrogen-bond acceptors (Lipinski definition) is 6. The molecule has 0 spiro atoms. The maximum atomic E-state index is 8.25. The van der Waals surface area contributed by atoms with Crippen molar-refractivity contribution >= 4 is 0 Å². The van der Waals surface area contributed by atoms with Gasteiger partial charge in [-0.05, 0) is 13.8 Å². The Bertz CT molecular complexity index is 68.6. The van der Waals surface area contributed by atoms with E-state index in [-0.39, 0.29) is 6.10 Å². The normalized spacial score (nSPS) is 4.77. The molecule has 10 heteroatoms. The Morgan fingerprint density at radius 1 is 1.15 bits per heavy atom. The molecule has 0 rings (SSSR count). The van der Waals surface area contributed by atoms with Crippen LogP contribution in [0.15, 0.2) is 5.34 Å². The molecule has 9 nitrogen and oxygen atoms in total. The molecule has 0 aliphatic carbocycles. The van der Waals surface area contributed by atoms with Crippen LogP contribution in [0.1, 0.15) is 13.8 Å². The predicted octanol–water partition coefficient (Wildman–Crippen LogP) is 1.05. The molecule has 76 valence electrons. The van der Waals surface area contributed by atoms with Crippen molar-refractivity contribution in [3.8, 4) is 0 Å². The monoisotopic (exact) mass is 231 g/mol. The average molecular weight is 231 g/mol. The molecule has 0 aromatic carbocycles. The summed E-state index contributed by atoms with van der Waals surface area (Å²) in [6.07, 6.45) is -0.167. The molecule has 0 radical (unpaired) electrons. The van der Waals surface area contributed by atoms with Gasteiger partial charge in [-0.3, -0.25) is 0 Å². The van der Waals surface area contributed by atoms with Gasteiger partial charge in [0, 0.05) is 6.10 Å². The number of aliphatic hydroxyl groups is 1. The number of nitrogens with zero attached hydrogens (tertiary/aromatic N) is 3. The van der Waals surface area contributed by atoms with Crippen molar-refractivity contribution in [1.29, 1.82) is 0 Å². The van der Waals surface area contributed by atoms with Crippen LogP contribution in [0.3, 0.4) is 0 Å². The summed E-state index contributed by atoms with van der Waals surface area (Å²) < 4.78 is 8.25. The van der Waals surface area contributed by atoms with Crippen molar-refractivity contribution in [3.63, 3.8) is 0 Å². The molecular formula is C3H9N3O6Ti. The first-order chi connectivity index (χ1) is 6.15. The molecular weight excluding hydrogens is 222 g/mol. The fourth-order valence-corrected chi connectivity index (χ4v) is 0. The minimum absolute atomic E-state index is 0.167. The van der Waals surface area contributed by atoms with Gasteiger partial charge in [0.15, 0.2) is 5.34 Å². The van der Waals surface area contributed by atoms with Gasteiger partial charge >= 0.3 is 23.7 Å². The van der Waals surface area contributed by atoms with Gasteiger partial charge in [0.2, 0.25) is 0 Å². The third kappa shape index (κ3) is 1060. The summed E-state index contributed by atoms with van der Waals surface area (Å²) in [7, 11) is 0. The van der Waals surface area contributed by atoms with Gasteiger partial charge in [-0.1, -0.05) is 0 Å². The summed E-state index contributed by atoms with van der Waals surface area (Å²) in [5, 5.41) is 15.9. The second kappa shape index (κ2) is 119. The van der Waals surface area contributed by atoms with Crippen molar-refractivity contribution in [3.05, 3.63) is 25.9 Å². The van der Waals surface area contributed by atoms with Crippen LogP contribution in [0, 0.1) is 14.7 Å². The van der Waals surface area contributed by atoms with E-state index in [9.17, 15) is 0 Å². The summed E-state index contributed by atoms with van der Waals surface area (Å²) in [6, 6.07) is 0. The number of rotatable bonds is 0. The molecule has 0 aliphatic rings. The van der Waals surface area contributed by atoms with E-state index in [4.69, 9.17) is 39.5 Å². The maximum absolute atomic E-state index is 8.25. The van der Waals surface area contributed by atoms with E-state index in [0.29, 0.717) is 0 Å². The second-order valence-electron chi connectivity index (χ2n) is 1.18. The van der Waals surface area contributed by atoms with Gasteiger partial charge in [0.1, 0.15) is 0 Å². The average Bonchev–Trinajstić information content (AvgIpc) is 2.14. The van der Waals surface area contributed by atoms with Crippen LogP contribution < -0.4 is 0 Å². The van der Waals surface area contributed by atoms with E-state index in [1.54, 1.807) is 13.8 Å². The Morgan fingerprint density at radius 2 is 1.15 bits per heavy atom. The zero-order chi connectivity index (χ0) is 12.3. The van der Waals surface area contributed by atoms with Crippen LogP contribution in [0.2, 0.25) is 0 Å². The molecule has 0 aromatic heterocycles. The molecule has 0 unspecified atom stereocenters. The second-order valence-corrected chi connectivity index (χ2v) is 1.18. The van der Waals surface area contributed by atoms with E-state index >= 15 is 0 Å². The van der Waals surface area contributed by atoms with Gasteiger partial charge in [0.25, 0.3) is 0 Å². The molecule has 0 aromatic rings. The number of hydrogen-bond donors (Lipinski definition) is 2. The standard InChI is InChI=1S/C3H8O.HNO2.2NO.O.Ti/c1-3(2)4;2-1-3;2*1-2;;/h3-4H,1-2H3;(H,2,3);;;;/q;;2*-1;;+2. The van der Waals surface area contributed by atoms with Gasteiger partial charge in [-0.15, -0.1) is 4.91 Å². The van der Waals surface area contributed by atoms with Crippen molar-refractivity contribution < 1.29 is 34.0 Å². The van der Waals surface area contributed by atoms with Gasteiger partial charge in [-0.25, -0.2) is 0 Å². The Balaban J connectivity index is -0.0000000215. The quantitative estimate of drug-likeness (QED) is 0.358. The van der Waals surface area contributed by atoms with Crippen LogP contribution in [0.4, 0.5) is 0 Å². The third-order valence-electron chi connectivity index (χ3n) is 0. The van der Waals surface area contributed by atoms with Crippen LogP contribution in [-0.2, 0) is 23.7 Å². The molecule has 0 atom stereocenters. The van der Waals surface area contributed by atoms with E-state index in [1.807, 2.05) is 0 Å². The summed E-state index contributed by atoms with van der Waals surface area (Å²) in [5.74, 6) is 0. The summed E-state index contributed by atoms with van der Waals surface area (Å²) in [4.78, 5) is 22.6. The van der Waals surface area contributed by atoms with Gasteiger partial charge < -0.3 is 31.3 Å². The van der Waals surface area contributed by atoms with Gasteiger partial charge in [-0.2, -0.15) is 0 Å². The zero-order valence-corrected chi connectivity index (χ0v) is 8.51. The Hall–Kier alpha value is -0.926. The summed E-state index contributed by atoms with van der Waals surface area (Å²) in [6.45, 7) is 3.44. The SMILES string of the molecule is CC(C)O.O=NO.[N-]=O.[N-]=O.[O]=[Ti+2]. The Labute approximate surface area is 85.7 Å². The predicted molar refractivity (Wildman–Crippen MR) is 39.1 cm³/mol. The molecule has 13 heavy (non-hydrogen) atoms. The molecule has 0 fully saturated rings. The number of nitroso groups, excluding NO2 is 2. The van der Waals surface area contributed by atoms with E-state index in [0.717, 1.165) is 20.4 Å². The van der Waals surface area contributed by atoms with E-state index < -0.39 is 0 Å². The van der Waals surface area contributed by atoms with Crippen molar-refractivity contribution in [1.82, 2.24) is 0 Å². The first-order valence-corrected chi connectivity index (χ1v) is 3.00. The van der Waals surface area contributed by atoms with E-state index in [1.165, 1.54) is 5.34 Å².